The van der Waals surface area contributed by atoms with E-state index >= 15 is 0 Å². The van der Waals surface area contributed by atoms with Gasteiger partial charge >= 0.3 is 11.9 Å². The Morgan fingerprint density at radius 1 is 1.53 bits per heavy atom. The smallest absolute Gasteiger partial charge is 0.323 e. The van der Waals surface area contributed by atoms with E-state index in [-0.39, 0.29) is 25.4 Å². The van der Waals surface area contributed by atoms with Crippen molar-refractivity contribution in [1.29, 1.82) is 0 Å². The lowest BCUT2D eigenvalue weighted by atomic mass is 10.3. The van der Waals surface area contributed by atoms with Crippen molar-refractivity contribution in [2.75, 3.05) is 18.9 Å². The molecule has 0 saturated heterocycles. The lowest BCUT2D eigenvalue weighted by Gasteiger charge is -2.13. The first-order chi connectivity index (χ1) is 6.61. The number of carboxylic acid groups (broad SMARTS) is 1. The van der Waals surface area contributed by atoms with Gasteiger partial charge in [-0.1, -0.05) is 0 Å². The van der Waals surface area contributed by atoms with Crippen LogP contribution in [0, 0.1) is 0 Å². The average molecular weight is 258 g/mol. The van der Waals surface area contributed by atoms with Crippen LogP contribution in [-0.4, -0.2) is 42.0 Å². The largest absolute Gasteiger partial charge is 0.481 e. The molecule has 0 unspecified atom stereocenters. The normalized spacial score (nSPS) is 11.3. The predicted octanol–water partition coefficient (Wildman–Crippen LogP) is 0.334. The molecule has 0 bridgehead atoms. The first-order valence-corrected chi connectivity index (χ1v) is 4.97. The molecular weight excluding hydrogens is 242 g/mol. The summed E-state index contributed by atoms with van der Waals surface area (Å²) in [6.07, 6.45) is -0.0241. The summed E-state index contributed by atoms with van der Waals surface area (Å²) in [5.74, 6) is -1.01. The number of carbonyl (C=O) groups is 2. The van der Waals surface area contributed by atoms with Gasteiger partial charge in [0.15, 0.2) is 0 Å². The summed E-state index contributed by atoms with van der Waals surface area (Å²) >= 11 is 3.96. The molecule has 0 aliphatic carbocycles. The van der Waals surface area contributed by atoms with Gasteiger partial charge in [0.05, 0.1) is 13.0 Å². The lowest BCUT2D eigenvalue weighted by molar-refractivity contribution is -0.145. The van der Waals surface area contributed by atoms with Crippen LogP contribution in [0.3, 0.4) is 0 Å². The fraction of sp³-hybridized carbons (Fsp3) is 0.750. The third-order valence-corrected chi connectivity index (χ3v) is 1.85. The van der Waals surface area contributed by atoms with Crippen LogP contribution in [0.1, 0.15) is 13.3 Å². The van der Waals surface area contributed by atoms with Gasteiger partial charge in [-0.15, -0.1) is 12.4 Å². The van der Waals surface area contributed by atoms with Crippen LogP contribution in [0.5, 0.6) is 0 Å². The summed E-state index contributed by atoms with van der Waals surface area (Å²) in [7, 11) is 0. The van der Waals surface area contributed by atoms with E-state index in [4.69, 9.17) is 9.84 Å². The Balaban J connectivity index is 0. The van der Waals surface area contributed by atoms with E-state index in [9.17, 15) is 9.59 Å². The quantitative estimate of drug-likeness (QED) is 0.453. The van der Waals surface area contributed by atoms with Crippen molar-refractivity contribution in [3.8, 4) is 0 Å². The van der Waals surface area contributed by atoms with Crippen molar-refractivity contribution in [2.45, 2.75) is 19.4 Å². The number of ether oxygens (including phenoxy) is 1. The fourth-order valence-corrected chi connectivity index (χ4v) is 1.10. The Kier molecular flexibility index (Phi) is 11.4. The molecule has 0 heterocycles. The number of nitrogens with one attached hydrogen (secondary N) is 1. The van der Waals surface area contributed by atoms with Crippen LogP contribution in [0.2, 0.25) is 0 Å². The maximum Gasteiger partial charge on any atom is 0.323 e. The van der Waals surface area contributed by atoms with Crippen molar-refractivity contribution >= 4 is 37.0 Å². The Labute approximate surface area is 100 Å². The fourth-order valence-electron chi connectivity index (χ4n) is 0.819. The van der Waals surface area contributed by atoms with Crippen molar-refractivity contribution < 1.29 is 19.4 Å². The maximum absolute atomic E-state index is 11.2. The van der Waals surface area contributed by atoms with E-state index in [1.54, 1.807) is 6.92 Å². The Hall–Kier alpha value is -0.460. The second-order valence-electron chi connectivity index (χ2n) is 2.59. The number of aliphatic carboxylic acids is 1. The maximum atomic E-state index is 11.2. The third-order valence-electron chi connectivity index (χ3n) is 1.48. The lowest BCUT2D eigenvalue weighted by Crippen LogP contribution is -2.40. The summed E-state index contributed by atoms with van der Waals surface area (Å²) in [6, 6.07) is -0.530. The van der Waals surface area contributed by atoms with Crippen molar-refractivity contribution in [1.82, 2.24) is 5.32 Å². The highest BCUT2D eigenvalue weighted by molar-refractivity contribution is 7.80. The summed E-state index contributed by atoms with van der Waals surface area (Å²) in [5, 5.41) is 11.1. The number of carbonyl (C=O) groups excluding carboxylic acids is 1. The van der Waals surface area contributed by atoms with E-state index < -0.39 is 18.0 Å². The molecule has 0 saturated carbocycles. The summed E-state index contributed by atoms with van der Waals surface area (Å²) in [4.78, 5) is 21.4. The molecule has 1 atom stereocenters. The van der Waals surface area contributed by atoms with Gasteiger partial charge in [-0.25, -0.2) is 0 Å². The molecular formula is C8H16ClNO4S. The van der Waals surface area contributed by atoms with Gasteiger partial charge in [-0.3, -0.25) is 9.59 Å². The molecule has 0 aromatic heterocycles. The van der Waals surface area contributed by atoms with Crippen LogP contribution >= 0.6 is 25.0 Å². The highest BCUT2D eigenvalue weighted by atomic mass is 35.5. The first-order valence-electron chi connectivity index (χ1n) is 4.34. The monoisotopic (exact) mass is 257 g/mol. The van der Waals surface area contributed by atoms with Crippen molar-refractivity contribution in [3.63, 3.8) is 0 Å². The molecule has 0 spiro atoms. The zero-order chi connectivity index (χ0) is 11.0. The van der Waals surface area contributed by atoms with Gasteiger partial charge < -0.3 is 15.2 Å². The van der Waals surface area contributed by atoms with E-state index in [2.05, 4.69) is 17.9 Å². The standard InChI is InChI=1S/C8H15NO4S.ClH/c1-2-13-8(12)6(5-14)9-4-3-7(10)11;/h6,9,14H,2-5H2,1H3,(H,10,11);1H/t6-;/m0./s1. The van der Waals surface area contributed by atoms with Gasteiger partial charge in [-0.05, 0) is 6.92 Å². The van der Waals surface area contributed by atoms with Crippen LogP contribution in [0.15, 0.2) is 0 Å². The number of hydrogen-bond acceptors (Lipinski definition) is 5. The van der Waals surface area contributed by atoms with Gasteiger partial charge in [0.1, 0.15) is 6.04 Å². The molecule has 15 heavy (non-hydrogen) atoms. The molecule has 0 amide bonds. The third kappa shape index (κ3) is 8.53. The highest BCUT2D eigenvalue weighted by Gasteiger charge is 2.16. The minimum Gasteiger partial charge on any atom is -0.481 e. The van der Waals surface area contributed by atoms with Crippen molar-refractivity contribution in [2.24, 2.45) is 0 Å². The van der Waals surface area contributed by atoms with E-state index in [1.807, 2.05) is 0 Å². The highest BCUT2D eigenvalue weighted by Crippen LogP contribution is 1.93. The molecule has 0 aliphatic heterocycles. The minimum absolute atomic E-state index is 0. The second kappa shape index (κ2) is 10.1. The summed E-state index contributed by atoms with van der Waals surface area (Å²) in [6.45, 7) is 2.26. The van der Waals surface area contributed by atoms with Gasteiger partial charge in [0, 0.05) is 12.3 Å². The molecule has 0 aliphatic rings. The number of thiol groups is 1. The number of halogens is 1. The van der Waals surface area contributed by atoms with E-state index in [1.165, 1.54) is 0 Å². The predicted molar refractivity (Wildman–Crippen MR) is 61.8 cm³/mol. The van der Waals surface area contributed by atoms with Crippen LogP contribution in [0.25, 0.3) is 0 Å². The topological polar surface area (TPSA) is 75.6 Å². The van der Waals surface area contributed by atoms with Crippen LogP contribution in [-0.2, 0) is 14.3 Å². The Bertz CT molecular complexity index is 203. The number of esters is 1. The average Bonchev–Trinajstić information content (AvgIpc) is 2.12. The zero-order valence-electron chi connectivity index (χ0n) is 8.43. The van der Waals surface area contributed by atoms with E-state index in [0.29, 0.717) is 12.4 Å². The first kappa shape index (κ1) is 17.0. The number of hydrogen-bond donors (Lipinski definition) is 3. The van der Waals surface area contributed by atoms with Gasteiger partial charge in [0.2, 0.25) is 0 Å². The number of carboxylic acids is 1. The summed E-state index contributed by atoms with van der Waals surface area (Å²) < 4.78 is 4.75. The molecule has 0 rings (SSSR count). The van der Waals surface area contributed by atoms with Crippen LogP contribution < -0.4 is 5.32 Å². The summed E-state index contributed by atoms with van der Waals surface area (Å²) in [5.41, 5.74) is 0. The minimum atomic E-state index is -0.903. The zero-order valence-corrected chi connectivity index (χ0v) is 10.1. The molecule has 2 N–H and O–H groups in total. The molecule has 0 radical (unpaired) electrons. The SMILES string of the molecule is CCOC(=O)[C@H](CS)NCCC(=O)O.Cl. The molecule has 90 valence electrons. The van der Waals surface area contributed by atoms with Gasteiger partial charge in [0.25, 0.3) is 0 Å². The van der Waals surface area contributed by atoms with Gasteiger partial charge in [-0.2, -0.15) is 12.6 Å². The molecule has 5 nitrogen and oxygen atoms in total. The van der Waals surface area contributed by atoms with Crippen LogP contribution in [0.4, 0.5) is 0 Å². The number of rotatable bonds is 7. The molecule has 0 fully saturated rings. The van der Waals surface area contributed by atoms with E-state index in [0.717, 1.165) is 0 Å². The molecule has 7 heteroatoms. The Morgan fingerprint density at radius 3 is 2.53 bits per heavy atom. The van der Waals surface area contributed by atoms with Crippen molar-refractivity contribution in [3.05, 3.63) is 0 Å². The second-order valence-corrected chi connectivity index (χ2v) is 2.95. The molecule has 0 aromatic carbocycles. The Morgan fingerprint density at radius 2 is 2.13 bits per heavy atom. The molecule has 0 aromatic rings.